The maximum atomic E-state index is 12.6. The molecule has 10 heteroatoms. The molecule has 1 heterocycles. The van der Waals surface area contributed by atoms with E-state index in [1.807, 2.05) is 0 Å². The van der Waals surface area contributed by atoms with Crippen molar-refractivity contribution in [2.45, 2.75) is 13.5 Å². The first-order chi connectivity index (χ1) is 15.2. The van der Waals surface area contributed by atoms with E-state index >= 15 is 0 Å². The number of carbonyl (C=O) groups is 3. The van der Waals surface area contributed by atoms with Gasteiger partial charge in [-0.15, -0.1) is 11.3 Å². The number of aryl methyl sites for hydroxylation is 1. The van der Waals surface area contributed by atoms with Gasteiger partial charge in [0.15, 0.2) is 0 Å². The van der Waals surface area contributed by atoms with Crippen LogP contribution in [-0.4, -0.2) is 33.0 Å². The molecule has 2 amide bonds. The minimum Gasteiger partial charge on any atom is -0.508 e. The number of aliphatic carboxylic acids is 1. The molecule has 0 fully saturated rings. The number of aromatic hydroxyl groups is 1. The Bertz CT molecular complexity index is 1220. The number of rotatable bonds is 7. The van der Waals surface area contributed by atoms with Crippen LogP contribution in [0.1, 0.15) is 37.0 Å². The molecular formula is C22H18BrN3O5S. The highest BCUT2D eigenvalue weighted by Crippen LogP contribution is 2.20. The Kier molecular flexibility index (Phi) is 7.39. The van der Waals surface area contributed by atoms with Crippen molar-refractivity contribution >= 4 is 51.1 Å². The lowest BCUT2D eigenvalue weighted by Gasteiger charge is -2.10. The van der Waals surface area contributed by atoms with Crippen molar-refractivity contribution in [3.63, 3.8) is 0 Å². The van der Waals surface area contributed by atoms with E-state index in [-0.39, 0.29) is 29.5 Å². The van der Waals surface area contributed by atoms with Crippen molar-refractivity contribution in [2.75, 3.05) is 0 Å². The van der Waals surface area contributed by atoms with Gasteiger partial charge in [-0.2, -0.15) is 0 Å². The molecular weight excluding hydrogens is 498 g/mol. The number of phenols is 1. The zero-order chi connectivity index (χ0) is 23.3. The largest absolute Gasteiger partial charge is 0.508 e. The molecule has 0 saturated heterocycles. The van der Waals surface area contributed by atoms with Crippen LogP contribution in [0.3, 0.4) is 0 Å². The second kappa shape index (κ2) is 10.2. The summed E-state index contributed by atoms with van der Waals surface area (Å²) in [6.45, 7) is 2.01. The molecule has 0 radical (unpaired) electrons. The SMILES string of the molecule is Cc1nc(C=C(NC(=O)c2ccc(C(=O)NCc3cccc(O)c3)cc2Br)C(=O)O)cs1. The maximum Gasteiger partial charge on any atom is 0.352 e. The van der Waals surface area contributed by atoms with Gasteiger partial charge in [-0.25, -0.2) is 9.78 Å². The minimum atomic E-state index is -1.30. The average molecular weight is 516 g/mol. The highest BCUT2D eigenvalue weighted by molar-refractivity contribution is 9.10. The summed E-state index contributed by atoms with van der Waals surface area (Å²) >= 11 is 4.63. The van der Waals surface area contributed by atoms with E-state index in [9.17, 15) is 24.6 Å². The molecule has 2 aromatic carbocycles. The van der Waals surface area contributed by atoms with Crippen molar-refractivity contribution in [2.24, 2.45) is 0 Å². The van der Waals surface area contributed by atoms with Gasteiger partial charge in [-0.3, -0.25) is 9.59 Å². The van der Waals surface area contributed by atoms with Gasteiger partial charge in [-0.05, 0) is 64.8 Å². The predicted octanol–water partition coefficient (Wildman–Crippen LogP) is 3.71. The molecule has 32 heavy (non-hydrogen) atoms. The molecule has 0 spiro atoms. The summed E-state index contributed by atoms with van der Waals surface area (Å²) in [5.41, 5.74) is 1.32. The Balaban J connectivity index is 1.70. The number of carbonyl (C=O) groups excluding carboxylic acids is 2. The zero-order valence-corrected chi connectivity index (χ0v) is 19.2. The molecule has 8 nitrogen and oxygen atoms in total. The summed E-state index contributed by atoms with van der Waals surface area (Å²) < 4.78 is 0.328. The quantitative estimate of drug-likeness (QED) is 0.355. The van der Waals surface area contributed by atoms with Crippen LogP contribution in [0.4, 0.5) is 0 Å². The number of nitrogens with zero attached hydrogens (tertiary/aromatic N) is 1. The van der Waals surface area contributed by atoms with E-state index in [1.165, 1.54) is 41.7 Å². The summed E-state index contributed by atoms with van der Waals surface area (Å²) in [6, 6.07) is 10.9. The number of thiazole rings is 1. The zero-order valence-electron chi connectivity index (χ0n) is 16.8. The van der Waals surface area contributed by atoms with Crippen molar-refractivity contribution < 1.29 is 24.6 Å². The number of hydrogen-bond acceptors (Lipinski definition) is 6. The third-order valence-electron chi connectivity index (χ3n) is 4.25. The lowest BCUT2D eigenvalue weighted by Crippen LogP contribution is -2.28. The van der Waals surface area contributed by atoms with Crippen LogP contribution in [0.15, 0.2) is 58.0 Å². The molecule has 1 aromatic heterocycles. The fourth-order valence-corrected chi connectivity index (χ4v) is 3.86. The minimum absolute atomic E-state index is 0.106. The van der Waals surface area contributed by atoms with Crippen molar-refractivity contribution in [3.8, 4) is 5.75 Å². The summed E-state index contributed by atoms with van der Waals surface area (Å²) in [5.74, 6) is -2.21. The van der Waals surface area contributed by atoms with Crippen LogP contribution in [0.5, 0.6) is 5.75 Å². The van der Waals surface area contributed by atoms with Crippen LogP contribution in [0.25, 0.3) is 6.08 Å². The Labute approximate surface area is 195 Å². The number of carboxylic acid groups (broad SMARTS) is 1. The molecule has 164 valence electrons. The Hall–Kier alpha value is -3.50. The first-order valence-electron chi connectivity index (χ1n) is 9.27. The second-order valence-corrected chi connectivity index (χ2v) is 8.57. The van der Waals surface area contributed by atoms with Crippen molar-refractivity contribution in [1.29, 1.82) is 0 Å². The number of amides is 2. The van der Waals surface area contributed by atoms with Gasteiger partial charge < -0.3 is 20.8 Å². The molecule has 0 bridgehead atoms. The molecule has 0 unspecified atom stereocenters. The Morgan fingerprint density at radius 2 is 1.94 bits per heavy atom. The number of carboxylic acids is 1. The highest BCUT2D eigenvalue weighted by Gasteiger charge is 2.18. The van der Waals surface area contributed by atoms with Gasteiger partial charge in [0.2, 0.25) is 0 Å². The van der Waals surface area contributed by atoms with Crippen LogP contribution < -0.4 is 10.6 Å². The van der Waals surface area contributed by atoms with Crippen LogP contribution in [0, 0.1) is 6.92 Å². The molecule has 3 rings (SSSR count). The van der Waals surface area contributed by atoms with E-state index in [0.717, 1.165) is 10.6 Å². The summed E-state index contributed by atoms with van der Waals surface area (Å²) in [5, 5.41) is 26.5. The third-order valence-corrected chi connectivity index (χ3v) is 5.69. The van der Waals surface area contributed by atoms with Gasteiger partial charge in [0.1, 0.15) is 11.4 Å². The van der Waals surface area contributed by atoms with Gasteiger partial charge in [0.05, 0.1) is 16.3 Å². The van der Waals surface area contributed by atoms with E-state index < -0.39 is 11.9 Å². The number of halogens is 1. The second-order valence-electron chi connectivity index (χ2n) is 6.66. The van der Waals surface area contributed by atoms with Crippen LogP contribution in [0.2, 0.25) is 0 Å². The van der Waals surface area contributed by atoms with E-state index in [2.05, 4.69) is 31.5 Å². The standard InChI is InChI=1S/C22H18BrN3O5S/c1-12-25-15(11-32-12)9-19(22(30)31)26-21(29)17-6-5-14(8-18(17)23)20(28)24-10-13-3-2-4-16(27)7-13/h2-9,11,27H,10H2,1H3,(H,24,28)(H,26,29)(H,30,31). The molecule has 4 N–H and O–H groups in total. The topological polar surface area (TPSA) is 129 Å². The van der Waals surface area contributed by atoms with Crippen molar-refractivity contribution in [3.05, 3.63) is 85.4 Å². The fraction of sp³-hybridized carbons (Fsp3) is 0.0909. The third kappa shape index (κ3) is 6.02. The number of aromatic nitrogens is 1. The molecule has 0 atom stereocenters. The van der Waals surface area contributed by atoms with Crippen LogP contribution in [-0.2, 0) is 11.3 Å². The first kappa shape index (κ1) is 23.2. The summed E-state index contributed by atoms with van der Waals surface area (Å²) in [6.07, 6.45) is 1.28. The molecule has 0 saturated carbocycles. The lowest BCUT2D eigenvalue weighted by molar-refractivity contribution is -0.132. The predicted molar refractivity (Wildman–Crippen MR) is 123 cm³/mol. The van der Waals surface area contributed by atoms with Gasteiger partial charge in [0.25, 0.3) is 11.8 Å². The maximum absolute atomic E-state index is 12.6. The van der Waals surface area contributed by atoms with E-state index in [4.69, 9.17) is 0 Å². The Morgan fingerprint density at radius 1 is 1.16 bits per heavy atom. The Morgan fingerprint density at radius 3 is 2.56 bits per heavy atom. The van der Waals surface area contributed by atoms with Gasteiger partial charge in [-0.1, -0.05) is 12.1 Å². The molecule has 0 aliphatic heterocycles. The smallest absolute Gasteiger partial charge is 0.352 e. The molecule has 0 aliphatic carbocycles. The van der Waals surface area contributed by atoms with Gasteiger partial charge in [0, 0.05) is 22.0 Å². The summed E-state index contributed by atoms with van der Waals surface area (Å²) in [4.78, 5) is 40.7. The monoisotopic (exact) mass is 515 g/mol. The normalized spacial score (nSPS) is 11.1. The number of phenolic OH excluding ortho intramolecular Hbond substituents is 1. The number of benzene rings is 2. The lowest BCUT2D eigenvalue weighted by atomic mass is 10.1. The van der Waals surface area contributed by atoms with Gasteiger partial charge >= 0.3 is 5.97 Å². The molecule has 0 aliphatic rings. The van der Waals surface area contributed by atoms with E-state index in [0.29, 0.717) is 15.7 Å². The fourth-order valence-electron chi connectivity index (χ4n) is 2.73. The van der Waals surface area contributed by atoms with Crippen molar-refractivity contribution in [1.82, 2.24) is 15.6 Å². The number of nitrogens with one attached hydrogen (secondary N) is 2. The number of hydrogen-bond donors (Lipinski definition) is 4. The first-order valence-corrected chi connectivity index (χ1v) is 10.9. The summed E-state index contributed by atoms with van der Waals surface area (Å²) in [7, 11) is 0. The average Bonchev–Trinajstić information content (AvgIpc) is 3.16. The molecule has 3 aromatic rings. The van der Waals surface area contributed by atoms with E-state index in [1.54, 1.807) is 30.5 Å². The van der Waals surface area contributed by atoms with Crippen LogP contribution >= 0.6 is 27.3 Å². The highest BCUT2D eigenvalue weighted by atomic mass is 79.9.